The Balaban J connectivity index is 1.81. The summed E-state index contributed by atoms with van der Waals surface area (Å²) >= 11 is 5.95. The second kappa shape index (κ2) is 5.97. The monoisotopic (exact) mass is 355 g/mol. The van der Waals surface area contributed by atoms with Crippen molar-refractivity contribution in [2.45, 2.75) is 18.8 Å². The normalized spacial score (nSPS) is 16.7. The van der Waals surface area contributed by atoms with E-state index in [1.807, 2.05) is 24.3 Å². The van der Waals surface area contributed by atoms with Gasteiger partial charge in [0.25, 0.3) is 0 Å². The number of Topliss-reactive ketones (excluding diaryl/α,β-unsaturated/α-hetero) is 1. The minimum absolute atomic E-state index is 0.0192. The van der Waals surface area contributed by atoms with Crippen LogP contribution in [0.15, 0.2) is 36.7 Å². The molecular formula is C18H14ClN3O3. The summed E-state index contributed by atoms with van der Waals surface area (Å²) in [5, 5.41) is 4.92. The number of ketones is 1. The number of ether oxygens (including phenoxy) is 1. The van der Waals surface area contributed by atoms with Crippen LogP contribution < -0.4 is 0 Å². The number of fused-ring (bicyclic) bond motifs is 3. The molecular weight excluding hydrogens is 342 g/mol. The SMILES string of the molecule is COC(=O)c1cnn2c3c(cnc12)C(=O)CC(c1ccc(Cl)cc1)C3. The fraction of sp³-hybridized carbons (Fsp3) is 0.222. The molecule has 126 valence electrons. The van der Waals surface area contributed by atoms with Crippen molar-refractivity contribution in [3.05, 3.63) is 64.1 Å². The van der Waals surface area contributed by atoms with Gasteiger partial charge in [0, 0.05) is 17.6 Å². The lowest BCUT2D eigenvalue weighted by atomic mass is 9.82. The van der Waals surface area contributed by atoms with Gasteiger partial charge in [-0.2, -0.15) is 5.10 Å². The summed E-state index contributed by atoms with van der Waals surface area (Å²) in [5.74, 6) is -0.446. The Labute approximate surface area is 148 Å². The molecule has 2 aromatic heterocycles. The Kier molecular flexibility index (Phi) is 3.77. The number of benzene rings is 1. The fourth-order valence-electron chi connectivity index (χ4n) is 3.27. The maximum Gasteiger partial charge on any atom is 0.343 e. The molecule has 3 aromatic rings. The lowest BCUT2D eigenvalue weighted by Gasteiger charge is -2.24. The van der Waals surface area contributed by atoms with Crippen LogP contribution in [0.25, 0.3) is 5.65 Å². The van der Waals surface area contributed by atoms with E-state index in [2.05, 4.69) is 10.1 Å². The second-order valence-corrected chi connectivity index (χ2v) is 6.42. The second-order valence-electron chi connectivity index (χ2n) is 5.98. The van der Waals surface area contributed by atoms with Crippen LogP contribution in [0.3, 0.4) is 0 Å². The Morgan fingerprint density at radius 2 is 2.00 bits per heavy atom. The molecule has 2 heterocycles. The molecule has 7 heteroatoms. The summed E-state index contributed by atoms with van der Waals surface area (Å²) in [6.07, 6.45) is 3.99. The zero-order valence-corrected chi connectivity index (χ0v) is 14.2. The van der Waals surface area contributed by atoms with Crippen LogP contribution in [-0.4, -0.2) is 33.5 Å². The molecule has 0 spiro atoms. The summed E-state index contributed by atoms with van der Waals surface area (Å²) < 4.78 is 6.33. The van der Waals surface area contributed by atoms with Crippen molar-refractivity contribution in [3.63, 3.8) is 0 Å². The zero-order chi connectivity index (χ0) is 17.6. The van der Waals surface area contributed by atoms with Crippen LogP contribution in [-0.2, 0) is 11.2 Å². The largest absolute Gasteiger partial charge is 0.465 e. The molecule has 1 aliphatic carbocycles. The number of nitrogens with zero attached hydrogens (tertiary/aromatic N) is 3. The van der Waals surface area contributed by atoms with Gasteiger partial charge in [-0.3, -0.25) is 4.79 Å². The summed E-state index contributed by atoms with van der Waals surface area (Å²) in [6.45, 7) is 0. The molecule has 1 unspecified atom stereocenters. The van der Waals surface area contributed by atoms with Crippen molar-refractivity contribution in [1.82, 2.24) is 14.6 Å². The summed E-state index contributed by atoms with van der Waals surface area (Å²) in [6, 6.07) is 7.52. The van der Waals surface area contributed by atoms with Crippen LogP contribution in [0.4, 0.5) is 0 Å². The maximum absolute atomic E-state index is 12.6. The Bertz CT molecular complexity index is 995. The standard InChI is InChI=1S/C18H14ClN3O3/c1-25-18(24)14-9-21-22-15-6-11(10-2-4-12(19)5-3-10)7-16(23)13(15)8-20-17(14)22/h2-5,8-9,11H,6-7H2,1H3. The average molecular weight is 356 g/mol. The highest BCUT2D eigenvalue weighted by Gasteiger charge is 2.30. The van der Waals surface area contributed by atoms with Gasteiger partial charge in [0.1, 0.15) is 5.56 Å². The lowest BCUT2D eigenvalue weighted by molar-refractivity contribution is 0.0602. The topological polar surface area (TPSA) is 73.6 Å². The van der Waals surface area contributed by atoms with E-state index < -0.39 is 5.97 Å². The number of methoxy groups -OCH3 is 1. The molecule has 0 bridgehead atoms. The third-order valence-corrected chi connectivity index (χ3v) is 4.80. The van der Waals surface area contributed by atoms with E-state index >= 15 is 0 Å². The van der Waals surface area contributed by atoms with E-state index in [4.69, 9.17) is 16.3 Å². The van der Waals surface area contributed by atoms with Crippen molar-refractivity contribution >= 4 is 29.0 Å². The van der Waals surface area contributed by atoms with Crippen molar-refractivity contribution in [1.29, 1.82) is 0 Å². The zero-order valence-electron chi connectivity index (χ0n) is 13.4. The first-order valence-electron chi connectivity index (χ1n) is 7.81. The van der Waals surface area contributed by atoms with Gasteiger partial charge in [0.05, 0.1) is 24.6 Å². The van der Waals surface area contributed by atoms with E-state index in [-0.39, 0.29) is 17.3 Å². The molecule has 0 N–H and O–H groups in total. The predicted molar refractivity (Wildman–Crippen MR) is 91.2 cm³/mol. The van der Waals surface area contributed by atoms with E-state index in [1.165, 1.54) is 19.5 Å². The number of halogens is 1. The smallest absolute Gasteiger partial charge is 0.343 e. The Hall–Kier alpha value is -2.73. The van der Waals surface area contributed by atoms with Gasteiger partial charge < -0.3 is 4.74 Å². The Morgan fingerprint density at radius 1 is 1.24 bits per heavy atom. The van der Waals surface area contributed by atoms with Gasteiger partial charge in [-0.25, -0.2) is 14.3 Å². The highest BCUT2D eigenvalue weighted by Crippen LogP contribution is 2.33. The molecule has 6 nitrogen and oxygen atoms in total. The van der Waals surface area contributed by atoms with Gasteiger partial charge in [-0.15, -0.1) is 0 Å². The molecule has 0 saturated heterocycles. The molecule has 0 aliphatic heterocycles. The van der Waals surface area contributed by atoms with E-state index in [1.54, 1.807) is 4.52 Å². The molecule has 25 heavy (non-hydrogen) atoms. The highest BCUT2D eigenvalue weighted by atomic mass is 35.5. The molecule has 1 aliphatic rings. The molecule has 0 saturated carbocycles. The van der Waals surface area contributed by atoms with E-state index in [9.17, 15) is 9.59 Å². The van der Waals surface area contributed by atoms with Crippen molar-refractivity contribution in [3.8, 4) is 0 Å². The van der Waals surface area contributed by atoms with Crippen molar-refractivity contribution in [2.24, 2.45) is 0 Å². The van der Waals surface area contributed by atoms with E-state index in [0.29, 0.717) is 29.1 Å². The van der Waals surface area contributed by atoms with Crippen molar-refractivity contribution < 1.29 is 14.3 Å². The number of rotatable bonds is 2. The van der Waals surface area contributed by atoms with E-state index in [0.717, 1.165) is 11.3 Å². The first-order valence-corrected chi connectivity index (χ1v) is 8.19. The fourth-order valence-corrected chi connectivity index (χ4v) is 3.40. The quantitative estimate of drug-likeness (QED) is 0.660. The van der Waals surface area contributed by atoms with Gasteiger partial charge in [0.15, 0.2) is 11.4 Å². The van der Waals surface area contributed by atoms with Crippen LogP contribution in [0.2, 0.25) is 5.02 Å². The molecule has 1 atom stereocenters. The van der Waals surface area contributed by atoms with Crippen molar-refractivity contribution in [2.75, 3.05) is 7.11 Å². The van der Waals surface area contributed by atoms with Crippen LogP contribution in [0.5, 0.6) is 0 Å². The summed E-state index contributed by atoms with van der Waals surface area (Å²) in [4.78, 5) is 28.7. The number of hydrogen-bond acceptors (Lipinski definition) is 5. The molecule has 0 amide bonds. The first-order chi connectivity index (χ1) is 12.1. The molecule has 1 aromatic carbocycles. The lowest BCUT2D eigenvalue weighted by Crippen LogP contribution is -2.22. The molecule has 0 fully saturated rings. The van der Waals surface area contributed by atoms with Crippen LogP contribution in [0.1, 0.15) is 44.3 Å². The number of esters is 1. The average Bonchev–Trinajstić information content (AvgIpc) is 3.06. The summed E-state index contributed by atoms with van der Waals surface area (Å²) in [7, 11) is 1.31. The Morgan fingerprint density at radius 3 is 2.72 bits per heavy atom. The minimum Gasteiger partial charge on any atom is -0.465 e. The number of carbonyl (C=O) groups excluding carboxylic acids is 2. The van der Waals surface area contributed by atoms with Gasteiger partial charge in [0.2, 0.25) is 0 Å². The van der Waals surface area contributed by atoms with Gasteiger partial charge in [-0.1, -0.05) is 23.7 Å². The van der Waals surface area contributed by atoms with Gasteiger partial charge in [-0.05, 0) is 30.0 Å². The minimum atomic E-state index is -0.501. The number of hydrogen-bond donors (Lipinski definition) is 0. The highest BCUT2D eigenvalue weighted by molar-refractivity contribution is 6.30. The summed E-state index contributed by atoms with van der Waals surface area (Å²) in [5.41, 5.74) is 3.05. The number of aromatic nitrogens is 3. The van der Waals surface area contributed by atoms with Crippen LogP contribution in [0, 0.1) is 0 Å². The predicted octanol–water partition coefficient (Wildman–Crippen LogP) is 3.08. The van der Waals surface area contributed by atoms with Crippen LogP contribution >= 0.6 is 11.6 Å². The van der Waals surface area contributed by atoms with Gasteiger partial charge >= 0.3 is 5.97 Å². The third-order valence-electron chi connectivity index (χ3n) is 4.55. The first kappa shape index (κ1) is 15.8. The maximum atomic E-state index is 12.6. The molecule has 4 rings (SSSR count). The molecule has 0 radical (unpaired) electrons. The number of carbonyl (C=O) groups is 2. The third kappa shape index (κ3) is 2.59.